The van der Waals surface area contributed by atoms with Crippen LogP contribution in [0.25, 0.3) is 0 Å². The van der Waals surface area contributed by atoms with Gasteiger partial charge in [-0.15, -0.1) is 0 Å². The van der Waals surface area contributed by atoms with Crippen molar-refractivity contribution in [3.63, 3.8) is 0 Å². The Labute approximate surface area is 121 Å². The first kappa shape index (κ1) is 15.3. The number of benzene rings is 1. The monoisotopic (exact) mass is 297 g/mol. The van der Waals surface area contributed by atoms with Crippen LogP contribution in [0.2, 0.25) is 0 Å². The molecule has 1 saturated heterocycles. The molecule has 1 atom stereocenters. The summed E-state index contributed by atoms with van der Waals surface area (Å²) in [5, 5.41) is 3.43. The molecule has 1 aromatic carbocycles. The minimum absolute atomic E-state index is 0.349. The third-order valence-corrected chi connectivity index (χ3v) is 5.15. The molecule has 0 aromatic heterocycles. The van der Waals surface area contributed by atoms with Gasteiger partial charge in [0.1, 0.15) is 4.90 Å². The van der Waals surface area contributed by atoms with Crippen LogP contribution in [0.1, 0.15) is 19.8 Å². The van der Waals surface area contributed by atoms with E-state index in [-0.39, 0.29) is 0 Å². The Hall–Kier alpha value is -1.11. The summed E-state index contributed by atoms with van der Waals surface area (Å²) in [6.45, 7) is 4.05. The lowest BCUT2D eigenvalue weighted by Gasteiger charge is -2.25. The van der Waals surface area contributed by atoms with Gasteiger partial charge < -0.3 is 10.2 Å². The molecule has 1 aliphatic rings. The summed E-state index contributed by atoms with van der Waals surface area (Å²) in [6, 6.07) is 7.59. The molecule has 1 heterocycles. The molecule has 0 bridgehead atoms. The molecule has 2 rings (SSSR count). The molecule has 1 fully saturated rings. The Balaban J connectivity index is 2.22. The van der Waals surface area contributed by atoms with E-state index >= 15 is 0 Å². The Kier molecular flexibility index (Phi) is 5.01. The van der Waals surface area contributed by atoms with Gasteiger partial charge in [-0.05, 0) is 31.5 Å². The van der Waals surface area contributed by atoms with Gasteiger partial charge in [0.15, 0.2) is 0 Å². The number of sulfonamides is 1. The van der Waals surface area contributed by atoms with Crippen LogP contribution in [0.3, 0.4) is 0 Å². The first-order valence-corrected chi connectivity index (χ1v) is 8.56. The molecule has 112 valence electrons. The van der Waals surface area contributed by atoms with E-state index in [1.165, 1.54) is 6.42 Å². The second-order valence-corrected chi connectivity index (χ2v) is 6.88. The van der Waals surface area contributed by atoms with Crippen molar-refractivity contribution in [3.05, 3.63) is 24.3 Å². The molecule has 1 aliphatic heterocycles. The third-order valence-electron chi connectivity index (χ3n) is 3.56. The fraction of sp³-hybridized carbons (Fsp3) is 0.571. The van der Waals surface area contributed by atoms with Gasteiger partial charge in [0, 0.05) is 26.2 Å². The molecule has 20 heavy (non-hydrogen) atoms. The Morgan fingerprint density at radius 1 is 1.40 bits per heavy atom. The van der Waals surface area contributed by atoms with Gasteiger partial charge in [0.05, 0.1) is 5.69 Å². The van der Waals surface area contributed by atoms with E-state index in [4.69, 9.17) is 0 Å². The smallest absolute Gasteiger partial charge is 0.242 e. The Bertz CT molecular complexity index is 539. The van der Waals surface area contributed by atoms with E-state index in [1.54, 1.807) is 19.1 Å². The molecular formula is C14H23N3O2S. The molecule has 1 unspecified atom stereocenters. The number of hydrogen-bond acceptors (Lipinski definition) is 4. The number of likely N-dealkylation sites (N-methyl/N-ethyl adjacent to an activating group) is 1. The summed E-state index contributed by atoms with van der Waals surface area (Å²) in [5.74, 6) is 0. The lowest BCUT2D eigenvalue weighted by Crippen LogP contribution is -2.36. The van der Waals surface area contributed by atoms with Crippen molar-refractivity contribution in [1.82, 2.24) is 10.0 Å². The molecule has 0 saturated carbocycles. The van der Waals surface area contributed by atoms with Crippen molar-refractivity contribution in [2.24, 2.45) is 0 Å². The van der Waals surface area contributed by atoms with Crippen molar-refractivity contribution in [2.45, 2.75) is 30.7 Å². The maximum Gasteiger partial charge on any atom is 0.242 e. The van der Waals surface area contributed by atoms with E-state index in [2.05, 4.69) is 10.0 Å². The zero-order chi connectivity index (χ0) is 14.6. The van der Waals surface area contributed by atoms with Crippen LogP contribution < -0.4 is 14.9 Å². The molecule has 0 spiro atoms. The highest BCUT2D eigenvalue weighted by molar-refractivity contribution is 7.89. The highest BCUT2D eigenvalue weighted by atomic mass is 32.2. The maximum absolute atomic E-state index is 12.2. The Morgan fingerprint density at radius 2 is 2.15 bits per heavy atom. The second kappa shape index (κ2) is 6.56. The molecule has 1 aromatic rings. The molecule has 0 radical (unpaired) electrons. The van der Waals surface area contributed by atoms with E-state index in [0.717, 1.165) is 25.2 Å². The van der Waals surface area contributed by atoms with E-state index < -0.39 is 10.0 Å². The van der Waals surface area contributed by atoms with Crippen LogP contribution in [0, 0.1) is 0 Å². The predicted octanol–water partition coefficient (Wildman–Crippen LogP) is 1.17. The molecule has 5 nitrogen and oxygen atoms in total. The normalized spacial score (nSPS) is 19.2. The van der Waals surface area contributed by atoms with Gasteiger partial charge in [0.2, 0.25) is 10.0 Å². The van der Waals surface area contributed by atoms with Crippen molar-refractivity contribution in [3.8, 4) is 0 Å². The first-order valence-electron chi connectivity index (χ1n) is 7.08. The summed E-state index contributed by atoms with van der Waals surface area (Å²) < 4.78 is 27.0. The van der Waals surface area contributed by atoms with Crippen LogP contribution in [-0.4, -0.2) is 41.1 Å². The van der Waals surface area contributed by atoms with Gasteiger partial charge in [-0.3, -0.25) is 0 Å². The highest BCUT2D eigenvalue weighted by Gasteiger charge is 2.22. The van der Waals surface area contributed by atoms with Gasteiger partial charge in [-0.25, -0.2) is 13.1 Å². The van der Waals surface area contributed by atoms with E-state index in [9.17, 15) is 8.42 Å². The van der Waals surface area contributed by atoms with Crippen molar-refractivity contribution in [2.75, 3.05) is 31.6 Å². The second-order valence-electron chi connectivity index (χ2n) is 5.14. The predicted molar refractivity (Wildman–Crippen MR) is 81.6 cm³/mol. The number of nitrogens with one attached hydrogen (secondary N) is 2. The average molecular weight is 297 g/mol. The number of hydrogen-bond donors (Lipinski definition) is 2. The van der Waals surface area contributed by atoms with Crippen LogP contribution >= 0.6 is 0 Å². The fourth-order valence-corrected chi connectivity index (χ4v) is 3.90. The van der Waals surface area contributed by atoms with E-state index in [1.807, 2.05) is 24.1 Å². The lowest BCUT2D eigenvalue weighted by atomic mass is 10.2. The van der Waals surface area contributed by atoms with Gasteiger partial charge in [0.25, 0.3) is 0 Å². The molecular weight excluding hydrogens is 274 g/mol. The topological polar surface area (TPSA) is 61.4 Å². The molecule has 6 heteroatoms. The third kappa shape index (κ3) is 3.50. The summed E-state index contributed by atoms with van der Waals surface area (Å²) in [4.78, 5) is 2.37. The van der Waals surface area contributed by atoms with Crippen LogP contribution in [-0.2, 0) is 10.0 Å². The lowest BCUT2D eigenvalue weighted by molar-refractivity contribution is 0.580. The quantitative estimate of drug-likeness (QED) is 0.827. The average Bonchev–Trinajstić information content (AvgIpc) is 2.91. The molecule has 0 amide bonds. The van der Waals surface area contributed by atoms with Gasteiger partial charge in [-0.1, -0.05) is 19.1 Å². The number of para-hydroxylation sites is 1. The minimum atomic E-state index is -3.43. The van der Waals surface area contributed by atoms with Crippen molar-refractivity contribution in [1.29, 1.82) is 0 Å². The molecule has 2 N–H and O–H groups in total. The Morgan fingerprint density at radius 3 is 2.80 bits per heavy atom. The summed E-state index contributed by atoms with van der Waals surface area (Å²) in [6.07, 6.45) is 2.34. The zero-order valence-electron chi connectivity index (χ0n) is 12.1. The number of anilines is 1. The summed E-state index contributed by atoms with van der Waals surface area (Å²) in [7, 11) is -1.49. The van der Waals surface area contributed by atoms with Crippen LogP contribution in [0.5, 0.6) is 0 Å². The summed E-state index contributed by atoms with van der Waals surface area (Å²) >= 11 is 0. The number of nitrogens with zero attached hydrogens (tertiary/aromatic N) is 1. The standard InChI is InChI=1S/C14H23N3O2S/c1-3-16-20(18,19)14-9-5-4-8-13(14)17(2)11-12-7-6-10-15-12/h4-5,8-9,12,15-16H,3,6-7,10-11H2,1-2H3. The molecule has 0 aliphatic carbocycles. The van der Waals surface area contributed by atoms with Crippen molar-refractivity contribution < 1.29 is 8.42 Å². The minimum Gasteiger partial charge on any atom is -0.372 e. The van der Waals surface area contributed by atoms with Crippen LogP contribution in [0.15, 0.2) is 29.2 Å². The highest BCUT2D eigenvalue weighted by Crippen LogP contribution is 2.24. The van der Waals surface area contributed by atoms with Gasteiger partial charge >= 0.3 is 0 Å². The number of rotatable bonds is 6. The summed E-state index contributed by atoms with van der Waals surface area (Å²) in [5.41, 5.74) is 0.752. The fourth-order valence-electron chi connectivity index (χ4n) is 2.61. The zero-order valence-corrected chi connectivity index (χ0v) is 12.9. The van der Waals surface area contributed by atoms with E-state index in [0.29, 0.717) is 17.5 Å². The SMILES string of the molecule is CCNS(=O)(=O)c1ccccc1N(C)CC1CCCN1. The van der Waals surface area contributed by atoms with Gasteiger partial charge in [-0.2, -0.15) is 0 Å². The van der Waals surface area contributed by atoms with Crippen LogP contribution in [0.4, 0.5) is 5.69 Å². The maximum atomic E-state index is 12.2. The first-order chi connectivity index (χ1) is 9.54. The van der Waals surface area contributed by atoms with Crippen molar-refractivity contribution >= 4 is 15.7 Å². The largest absolute Gasteiger partial charge is 0.372 e.